The van der Waals surface area contributed by atoms with Crippen molar-refractivity contribution in [1.82, 2.24) is 5.32 Å². The number of hydrogen-bond acceptors (Lipinski definition) is 2. The third-order valence-corrected chi connectivity index (χ3v) is 5.97. The fraction of sp³-hybridized carbons (Fsp3) is 0.440. The van der Waals surface area contributed by atoms with E-state index in [4.69, 9.17) is 0 Å². The smallest absolute Gasteiger partial charge is 0.227 e. The Morgan fingerprint density at radius 2 is 1.31 bits per heavy atom. The van der Waals surface area contributed by atoms with Gasteiger partial charge in [-0.1, -0.05) is 56.3 Å². The lowest BCUT2D eigenvalue weighted by atomic mass is 9.81. The van der Waals surface area contributed by atoms with Crippen LogP contribution in [-0.2, 0) is 9.59 Å². The molecule has 1 unspecified atom stereocenters. The van der Waals surface area contributed by atoms with Crippen LogP contribution >= 0.6 is 0 Å². The summed E-state index contributed by atoms with van der Waals surface area (Å²) in [5.41, 5.74) is 3.22. The fourth-order valence-electron chi connectivity index (χ4n) is 3.97. The number of carbonyl (C=O) groups is 2. The Hall–Kier alpha value is -2.62. The van der Waals surface area contributed by atoms with Crippen molar-refractivity contribution in [3.63, 3.8) is 0 Å². The van der Waals surface area contributed by atoms with Crippen molar-refractivity contribution in [3.8, 4) is 0 Å². The Labute approximate surface area is 174 Å². The first kappa shape index (κ1) is 21.1. The quantitative estimate of drug-likeness (QED) is 0.688. The van der Waals surface area contributed by atoms with Crippen molar-refractivity contribution >= 4 is 17.5 Å². The Morgan fingerprint density at radius 3 is 1.86 bits per heavy atom. The highest BCUT2D eigenvalue weighted by molar-refractivity contribution is 5.92. The van der Waals surface area contributed by atoms with Crippen molar-refractivity contribution in [2.75, 3.05) is 5.32 Å². The molecule has 0 aromatic heterocycles. The van der Waals surface area contributed by atoms with E-state index in [1.54, 1.807) is 0 Å². The van der Waals surface area contributed by atoms with Crippen molar-refractivity contribution < 1.29 is 9.59 Å². The standard InChI is InChI=1S/C25H32N2O2/c1-17(2)19-13-15-23(16-14-19)27-25(29)22-11-9-21(10-12-22)24(28)26-18(3)20-7-5-4-6-8-20/h4-8,13-18,21-22H,9-12H2,1-3H3,(H,26,28)(H,27,29). The third kappa shape index (κ3) is 5.69. The molecule has 154 valence electrons. The molecule has 3 rings (SSSR count). The molecule has 1 aliphatic rings. The third-order valence-electron chi connectivity index (χ3n) is 5.97. The summed E-state index contributed by atoms with van der Waals surface area (Å²) in [5.74, 6) is 0.625. The van der Waals surface area contributed by atoms with Gasteiger partial charge in [0.1, 0.15) is 0 Å². The topological polar surface area (TPSA) is 58.2 Å². The number of benzene rings is 2. The fourth-order valence-corrected chi connectivity index (χ4v) is 3.97. The predicted molar refractivity (Wildman–Crippen MR) is 118 cm³/mol. The molecule has 0 heterocycles. The summed E-state index contributed by atoms with van der Waals surface area (Å²) in [7, 11) is 0. The molecule has 0 saturated heterocycles. The zero-order valence-corrected chi connectivity index (χ0v) is 17.7. The minimum atomic E-state index is -0.0182. The van der Waals surface area contributed by atoms with Crippen LogP contribution in [0, 0.1) is 11.8 Å². The van der Waals surface area contributed by atoms with E-state index in [-0.39, 0.29) is 29.7 Å². The number of carbonyl (C=O) groups excluding carboxylic acids is 2. The van der Waals surface area contributed by atoms with E-state index in [1.165, 1.54) is 5.56 Å². The van der Waals surface area contributed by atoms with Crippen LogP contribution in [0.1, 0.15) is 69.5 Å². The summed E-state index contributed by atoms with van der Waals surface area (Å²) in [6.45, 7) is 6.32. The molecule has 1 aliphatic carbocycles. The van der Waals surface area contributed by atoms with E-state index in [0.717, 1.165) is 36.9 Å². The van der Waals surface area contributed by atoms with Crippen LogP contribution in [0.5, 0.6) is 0 Å². The molecule has 29 heavy (non-hydrogen) atoms. The second-order valence-corrected chi connectivity index (χ2v) is 8.46. The number of anilines is 1. The lowest BCUT2D eigenvalue weighted by Gasteiger charge is -2.28. The van der Waals surface area contributed by atoms with Crippen LogP contribution < -0.4 is 10.6 Å². The van der Waals surface area contributed by atoms with Gasteiger partial charge in [0.05, 0.1) is 6.04 Å². The summed E-state index contributed by atoms with van der Waals surface area (Å²) >= 11 is 0. The monoisotopic (exact) mass is 392 g/mol. The van der Waals surface area contributed by atoms with Crippen LogP contribution in [0.2, 0.25) is 0 Å². The van der Waals surface area contributed by atoms with E-state index in [2.05, 4.69) is 36.6 Å². The SMILES string of the molecule is CC(C)c1ccc(NC(=O)C2CCC(C(=O)NC(C)c3ccccc3)CC2)cc1. The minimum absolute atomic E-state index is 0.00136. The van der Waals surface area contributed by atoms with Gasteiger partial charge >= 0.3 is 0 Å². The maximum Gasteiger partial charge on any atom is 0.227 e. The highest BCUT2D eigenvalue weighted by atomic mass is 16.2. The van der Waals surface area contributed by atoms with Crippen LogP contribution in [0.15, 0.2) is 54.6 Å². The average molecular weight is 393 g/mol. The van der Waals surface area contributed by atoms with Gasteiger partial charge in [-0.15, -0.1) is 0 Å². The highest BCUT2D eigenvalue weighted by Crippen LogP contribution is 2.30. The number of hydrogen-bond donors (Lipinski definition) is 2. The van der Waals surface area contributed by atoms with Crippen LogP contribution in [0.4, 0.5) is 5.69 Å². The predicted octanol–water partition coefficient (Wildman–Crippen LogP) is 5.43. The second-order valence-electron chi connectivity index (χ2n) is 8.46. The first-order chi connectivity index (χ1) is 13.9. The zero-order valence-electron chi connectivity index (χ0n) is 17.7. The molecule has 0 radical (unpaired) electrons. The molecule has 4 heteroatoms. The van der Waals surface area contributed by atoms with Crippen LogP contribution in [0.3, 0.4) is 0 Å². The Kier molecular flexibility index (Phi) is 7.08. The maximum atomic E-state index is 12.6. The Balaban J connectivity index is 1.46. The number of nitrogens with one attached hydrogen (secondary N) is 2. The van der Waals surface area contributed by atoms with E-state index < -0.39 is 0 Å². The number of amides is 2. The van der Waals surface area contributed by atoms with Gasteiger partial charge in [-0.2, -0.15) is 0 Å². The molecule has 2 aromatic rings. The normalized spacial score (nSPS) is 20.1. The molecular weight excluding hydrogens is 360 g/mol. The molecular formula is C25H32N2O2. The lowest BCUT2D eigenvalue weighted by Crippen LogP contribution is -2.36. The van der Waals surface area contributed by atoms with E-state index in [0.29, 0.717) is 5.92 Å². The molecule has 1 atom stereocenters. The molecule has 1 saturated carbocycles. The molecule has 0 spiro atoms. The van der Waals surface area contributed by atoms with Gasteiger partial charge in [-0.25, -0.2) is 0 Å². The summed E-state index contributed by atoms with van der Waals surface area (Å²) in [5, 5.41) is 6.16. The minimum Gasteiger partial charge on any atom is -0.349 e. The average Bonchev–Trinajstić information content (AvgIpc) is 2.74. The maximum absolute atomic E-state index is 12.6. The van der Waals surface area contributed by atoms with Gasteiger partial charge in [-0.3, -0.25) is 9.59 Å². The molecule has 2 amide bonds. The van der Waals surface area contributed by atoms with Crippen molar-refractivity contribution in [2.45, 2.75) is 58.4 Å². The van der Waals surface area contributed by atoms with Gasteiger partial charge in [0.2, 0.25) is 11.8 Å². The first-order valence-electron chi connectivity index (χ1n) is 10.7. The van der Waals surface area contributed by atoms with Crippen molar-refractivity contribution in [1.29, 1.82) is 0 Å². The molecule has 2 aromatic carbocycles. The molecule has 2 N–H and O–H groups in total. The van der Waals surface area contributed by atoms with Gasteiger partial charge in [0.25, 0.3) is 0 Å². The molecule has 4 nitrogen and oxygen atoms in total. The first-order valence-corrected chi connectivity index (χ1v) is 10.7. The number of rotatable bonds is 6. The lowest BCUT2D eigenvalue weighted by molar-refractivity contribution is -0.129. The van der Waals surface area contributed by atoms with E-state index in [1.807, 2.05) is 49.4 Å². The highest BCUT2D eigenvalue weighted by Gasteiger charge is 2.30. The largest absolute Gasteiger partial charge is 0.349 e. The Bertz CT molecular complexity index is 806. The van der Waals surface area contributed by atoms with E-state index >= 15 is 0 Å². The molecule has 1 fully saturated rings. The zero-order chi connectivity index (χ0) is 20.8. The summed E-state index contributed by atoms with van der Waals surface area (Å²) in [4.78, 5) is 25.2. The molecule has 0 aliphatic heterocycles. The van der Waals surface area contributed by atoms with Gasteiger partial charge in [0, 0.05) is 17.5 Å². The Morgan fingerprint density at radius 1 is 0.759 bits per heavy atom. The summed E-state index contributed by atoms with van der Waals surface area (Å²) in [6.07, 6.45) is 3.04. The van der Waals surface area contributed by atoms with Crippen molar-refractivity contribution in [2.24, 2.45) is 11.8 Å². The van der Waals surface area contributed by atoms with Gasteiger partial charge < -0.3 is 10.6 Å². The molecule has 0 bridgehead atoms. The van der Waals surface area contributed by atoms with Crippen LogP contribution in [0.25, 0.3) is 0 Å². The van der Waals surface area contributed by atoms with Crippen LogP contribution in [-0.4, -0.2) is 11.8 Å². The van der Waals surface area contributed by atoms with Gasteiger partial charge in [0.15, 0.2) is 0 Å². The second kappa shape index (κ2) is 9.73. The van der Waals surface area contributed by atoms with E-state index in [9.17, 15) is 9.59 Å². The van der Waals surface area contributed by atoms with Gasteiger partial charge in [-0.05, 0) is 61.8 Å². The summed E-state index contributed by atoms with van der Waals surface area (Å²) in [6, 6.07) is 18.1. The van der Waals surface area contributed by atoms with Crippen molar-refractivity contribution in [3.05, 3.63) is 65.7 Å². The summed E-state index contributed by atoms with van der Waals surface area (Å²) < 4.78 is 0.